The molecule has 3 rings (SSSR count). The number of aromatic amines is 1. The van der Waals surface area contributed by atoms with Gasteiger partial charge in [-0.3, -0.25) is 14.6 Å². The van der Waals surface area contributed by atoms with Crippen molar-refractivity contribution in [1.82, 2.24) is 19.9 Å². The van der Waals surface area contributed by atoms with E-state index >= 15 is 0 Å². The summed E-state index contributed by atoms with van der Waals surface area (Å²) in [5.74, 6) is 0.122. The van der Waals surface area contributed by atoms with Crippen molar-refractivity contribution in [3.05, 3.63) is 58.0 Å². The Morgan fingerprint density at radius 3 is 2.96 bits per heavy atom. The van der Waals surface area contributed by atoms with Gasteiger partial charge in [0.05, 0.1) is 18.3 Å². The second-order valence-electron chi connectivity index (χ2n) is 5.85. The number of aryl methyl sites for hydroxylation is 1. The molecule has 1 saturated heterocycles. The highest BCUT2D eigenvalue weighted by molar-refractivity contribution is 5.93. The predicted octanol–water partition coefficient (Wildman–Crippen LogP) is 1.29. The number of aromatic nitrogens is 3. The average molecular weight is 328 g/mol. The zero-order chi connectivity index (χ0) is 16.9. The molecule has 24 heavy (non-hydrogen) atoms. The molecule has 0 bridgehead atoms. The van der Waals surface area contributed by atoms with Crippen LogP contribution in [-0.4, -0.2) is 45.0 Å². The highest BCUT2D eigenvalue weighted by Gasteiger charge is 2.25. The molecule has 0 unspecified atom stereocenters. The van der Waals surface area contributed by atoms with Crippen molar-refractivity contribution >= 4 is 5.91 Å². The van der Waals surface area contributed by atoms with Gasteiger partial charge >= 0.3 is 0 Å². The van der Waals surface area contributed by atoms with E-state index in [1.54, 1.807) is 18.0 Å². The molecule has 1 N–H and O–H groups in total. The van der Waals surface area contributed by atoms with Crippen LogP contribution in [0.3, 0.4) is 0 Å². The summed E-state index contributed by atoms with van der Waals surface area (Å²) in [4.78, 5) is 37.4. The molecule has 0 saturated carbocycles. The SMILES string of the molecule is Cc1ncc(C(=O)N(Cc2ccccn2)C[C@H]2CCCO2)c(=O)[nH]1. The highest BCUT2D eigenvalue weighted by Crippen LogP contribution is 2.16. The standard InChI is InChI=1S/C17H20N4O3/c1-12-19-9-15(16(22)20-12)17(23)21(11-14-6-4-8-24-14)10-13-5-2-3-7-18-13/h2-3,5,7,9,14H,4,6,8,10-11H2,1H3,(H,19,20,22)/t14-/m1/s1. The van der Waals surface area contributed by atoms with Gasteiger partial charge in [-0.05, 0) is 31.9 Å². The zero-order valence-electron chi connectivity index (χ0n) is 13.6. The van der Waals surface area contributed by atoms with Gasteiger partial charge in [0.25, 0.3) is 11.5 Å². The second-order valence-corrected chi connectivity index (χ2v) is 5.85. The summed E-state index contributed by atoms with van der Waals surface area (Å²) in [6.07, 6.45) is 4.91. The number of rotatable bonds is 5. The fraction of sp³-hybridized carbons (Fsp3) is 0.412. The number of H-pyrrole nitrogens is 1. The number of carbonyl (C=O) groups is 1. The normalized spacial score (nSPS) is 17.0. The van der Waals surface area contributed by atoms with E-state index in [1.807, 2.05) is 18.2 Å². The molecule has 3 heterocycles. The van der Waals surface area contributed by atoms with Gasteiger partial charge in [-0.25, -0.2) is 4.98 Å². The summed E-state index contributed by atoms with van der Waals surface area (Å²) in [5, 5.41) is 0. The van der Waals surface area contributed by atoms with E-state index in [-0.39, 0.29) is 17.6 Å². The van der Waals surface area contributed by atoms with Crippen LogP contribution in [-0.2, 0) is 11.3 Å². The van der Waals surface area contributed by atoms with Crippen molar-refractivity contribution < 1.29 is 9.53 Å². The predicted molar refractivity (Wildman–Crippen MR) is 87.5 cm³/mol. The first-order valence-electron chi connectivity index (χ1n) is 8.00. The van der Waals surface area contributed by atoms with Gasteiger partial charge in [-0.1, -0.05) is 6.07 Å². The first-order chi connectivity index (χ1) is 11.6. The van der Waals surface area contributed by atoms with Crippen LogP contribution in [0, 0.1) is 6.92 Å². The van der Waals surface area contributed by atoms with Gasteiger partial charge in [0, 0.05) is 25.5 Å². The first-order valence-corrected chi connectivity index (χ1v) is 8.00. The van der Waals surface area contributed by atoms with Crippen molar-refractivity contribution in [1.29, 1.82) is 0 Å². The number of hydrogen-bond donors (Lipinski definition) is 1. The van der Waals surface area contributed by atoms with E-state index < -0.39 is 5.56 Å². The summed E-state index contributed by atoms with van der Waals surface area (Å²) in [5.41, 5.74) is 0.376. The van der Waals surface area contributed by atoms with Crippen LogP contribution in [0.2, 0.25) is 0 Å². The summed E-state index contributed by atoms with van der Waals surface area (Å²) in [7, 11) is 0. The van der Waals surface area contributed by atoms with Crippen LogP contribution < -0.4 is 5.56 Å². The molecule has 2 aromatic heterocycles. The Balaban J connectivity index is 1.84. The monoisotopic (exact) mass is 328 g/mol. The first kappa shape index (κ1) is 16.3. The van der Waals surface area contributed by atoms with E-state index in [2.05, 4.69) is 15.0 Å². The van der Waals surface area contributed by atoms with Crippen LogP contribution in [0.15, 0.2) is 35.4 Å². The fourth-order valence-electron chi connectivity index (χ4n) is 2.75. The van der Waals surface area contributed by atoms with Crippen molar-refractivity contribution in [2.75, 3.05) is 13.2 Å². The molecule has 0 radical (unpaired) electrons. The van der Waals surface area contributed by atoms with Gasteiger partial charge in [0.15, 0.2) is 0 Å². The molecule has 7 heteroatoms. The lowest BCUT2D eigenvalue weighted by molar-refractivity contribution is 0.0502. The van der Waals surface area contributed by atoms with E-state index in [4.69, 9.17) is 4.74 Å². The molecule has 0 spiro atoms. The zero-order valence-corrected chi connectivity index (χ0v) is 13.6. The van der Waals surface area contributed by atoms with Crippen molar-refractivity contribution in [2.45, 2.75) is 32.4 Å². The minimum atomic E-state index is -0.425. The van der Waals surface area contributed by atoms with Gasteiger partial charge in [-0.15, -0.1) is 0 Å². The third-order valence-corrected chi connectivity index (χ3v) is 3.97. The lowest BCUT2D eigenvalue weighted by Gasteiger charge is -2.25. The number of nitrogens with one attached hydrogen (secondary N) is 1. The smallest absolute Gasteiger partial charge is 0.263 e. The summed E-state index contributed by atoms with van der Waals surface area (Å²) < 4.78 is 5.64. The van der Waals surface area contributed by atoms with Crippen LogP contribution in [0.4, 0.5) is 0 Å². The maximum Gasteiger partial charge on any atom is 0.263 e. The Kier molecular flexibility index (Phi) is 5.00. The van der Waals surface area contributed by atoms with Crippen LogP contribution in [0.5, 0.6) is 0 Å². The Bertz CT molecular complexity index is 754. The van der Waals surface area contributed by atoms with E-state index in [9.17, 15) is 9.59 Å². The molecule has 0 aliphatic carbocycles. The maximum absolute atomic E-state index is 12.9. The van der Waals surface area contributed by atoms with Crippen LogP contribution in [0.25, 0.3) is 0 Å². The molecule has 2 aromatic rings. The lowest BCUT2D eigenvalue weighted by atomic mass is 10.2. The van der Waals surface area contributed by atoms with Crippen molar-refractivity contribution in [3.8, 4) is 0 Å². The number of ether oxygens (including phenoxy) is 1. The van der Waals surface area contributed by atoms with E-state index in [0.29, 0.717) is 25.5 Å². The van der Waals surface area contributed by atoms with E-state index in [1.165, 1.54) is 6.20 Å². The summed E-state index contributed by atoms with van der Waals surface area (Å²) in [6, 6.07) is 5.55. The van der Waals surface area contributed by atoms with Gasteiger partial charge in [0.1, 0.15) is 11.4 Å². The van der Waals surface area contributed by atoms with Gasteiger partial charge in [-0.2, -0.15) is 0 Å². The number of carbonyl (C=O) groups excluding carboxylic acids is 1. The number of amides is 1. The quantitative estimate of drug-likeness (QED) is 0.893. The third kappa shape index (κ3) is 3.86. The third-order valence-electron chi connectivity index (χ3n) is 3.97. The number of hydrogen-bond acceptors (Lipinski definition) is 5. The molecule has 1 amide bonds. The minimum Gasteiger partial charge on any atom is -0.376 e. The molecule has 1 aliphatic rings. The Morgan fingerprint density at radius 1 is 1.42 bits per heavy atom. The number of pyridine rings is 1. The Morgan fingerprint density at radius 2 is 2.29 bits per heavy atom. The van der Waals surface area contributed by atoms with Crippen LogP contribution >= 0.6 is 0 Å². The molecule has 1 fully saturated rings. The largest absolute Gasteiger partial charge is 0.376 e. The van der Waals surface area contributed by atoms with Gasteiger partial charge < -0.3 is 14.6 Å². The molecule has 0 aromatic carbocycles. The molecule has 1 aliphatic heterocycles. The molecular formula is C17H20N4O3. The molecule has 7 nitrogen and oxygen atoms in total. The maximum atomic E-state index is 12.9. The Hall–Kier alpha value is -2.54. The minimum absolute atomic E-state index is 0.00449. The second kappa shape index (κ2) is 7.35. The fourth-order valence-corrected chi connectivity index (χ4v) is 2.75. The lowest BCUT2D eigenvalue weighted by Crippen LogP contribution is -2.39. The molecule has 126 valence electrons. The Labute approximate surface area is 139 Å². The average Bonchev–Trinajstić information content (AvgIpc) is 3.08. The summed E-state index contributed by atoms with van der Waals surface area (Å²) >= 11 is 0. The van der Waals surface area contributed by atoms with E-state index in [0.717, 1.165) is 18.5 Å². The van der Waals surface area contributed by atoms with Crippen LogP contribution in [0.1, 0.15) is 34.7 Å². The topological polar surface area (TPSA) is 88.2 Å². The molecular weight excluding hydrogens is 308 g/mol. The number of nitrogens with zero attached hydrogens (tertiary/aromatic N) is 3. The molecule has 1 atom stereocenters. The van der Waals surface area contributed by atoms with Crippen molar-refractivity contribution in [2.24, 2.45) is 0 Å². The van der Waals surface area contributed by atoms with Gasteiger partial charge in [0.2, 0.25) is 0 Å². The van der Waals surface area contributed by atoms with Crippen molar-refractivity contribution in [3.63, 3.8) is 0 Å². The summed E-state index contributed by atoms with van der Waals surface area (Å²) in [6.45, 7) is 3.15. The highest BCUT2D eigenvalue weighted by atomic mass is 16.5.